The molecular formula is C14H21N3O2. The SMILES string of the molecule is CC(C)(C)OC(=O)NC1(c2cc(N)ccn2)CCC1. The third kappa shape index (κ3) is 3.16. The molecule has 104 valence electrons. The van der Waals surface area contributed by atoms with Crippen LogP contribution in [0.1, 0.15) is 45.7 Å². The first-order valence-electron chi connectivity index (χ1n) is 6.54. The van der Waals surface area contributed by atoms with Crippen LogP contribution < -0.4 is 11.1 Å². The summed E-state index contributed by atoms with van der Waals surface area (Å²) in [6.45, 7) is 5.54. The number of rotatable bonds is 2. The second-order valence-corrected chi connectivity index (χ2v) is 6.04. The van der Waals surface area contributed by atoms with Gasteiger partial charge in [0.05, 0.1) is 11.2 Å². The number of aromatic nitrogens is 1. The molecule has 0 unspecified atom stereocenters. The molecule has 0 saturated heterocycles. The predicted octanol–water partition coefficient (Wildman–Crippen LogP) is 2.57. The highest BCUT2D eigenvalue weighted by molar-refractivity contribution is 5.69. The van der Waals surface area contributed by atoms with Crippen molar-refractivity contribution in [1.29, 1.82) is 0 Å². The highest BCUT2D eigenvalue weighted by atomic mass is 16.6. The molecule has 1 saturated carbocycles. The summed E-state index contributed by atoms with van der Waals surface area (Å²) in [7, 11) is 0. The second-order valence-electron chi connectivity index (χ2n) is 6.04. The zero-order valence-electron chi connectivity index (χ0n) is 11.7. The summed E-state index contributed by atoms with van der Waals surface area (Å²) < 4.78 is 5.31. The van der Waals surface area contributed by atoms with E-state index >= 15 is 0 Å². The zero-order chi connectivity index (χ0) is 14.1. The van der Waals surface area contributed by atoms with Gasteiger partial charge in [0.1, 0.15) is 5.60 Å². The van der Waals surface area contributed by atoms with E-state index in [0.29, 0.717) is 5.69 Å². The quantitative estimate of drug-likeness (QED) is 0.859. The van der Waals surface area contributed by atoms with Crippen LogP contribution in [-0.2, 0) is 10.3 Å². The number of nitrogens with one attached hydrogen (secondary N) is 1. The maximum atomic E-state index is 11.9. The van der Waals surface area contributed by atoms with E-state index in [9.17, 15) is 4.79 Å². The summed E-state index contributed by atoms with van der Waals surface area (Å²) in [6.07, 6.45) is 4.05. The van der Waals surface area contributed by atoms with Crippen LogP contribution >= 0.6 is 0 Å². The smallest absolute Gasteiger partial charge is 0.408 e. The van der Waals surface area contributed by atoms with Crippen LogP contribution in [-0.4, -0.2) is 16.7 Å². The van der Waals surface area contributed by atoms with Crippen LogP contribution in [0.25, 0.3) is 0 Å². The number of ether oxygens (including phenoxy) is 1. The van der Waals surface area contributed by atoms with Crippen molar-refractivity contribution in [1.82, 2.24) is 10.3 Å². The van der Waals surface area contributed by atoms with Crippen molar-refractivity contribution in [2.45, 2.75) is 51.2 Å². The molecule has 1 aromatic rings. The van der Waals surface area contributed by atoms with Gasteiger partial charge in [-0.1, -0.05) is 0 Å². The maximum absolute atomic E-state index is 11.9. The van der Waals surface area contributed by atoms with E-state index in [1.165, 1.54) is 0 Å². The number of amides is 1. The van der Waals surface area contributed by atoms with E-state index in [2.05, 4.69) is 10.3 Å². The Morgan fingerprint density at radius 1 is 1.47 bits per heavy atom. The van der Waals surface area contributed by atoms with Crippen molar-refractivity contribution in [2.24, 2.45) is 0 Å². The third-order valence-corrected chi connectivity index (χ3v) is 3.22. The van der Waals surface area contributed by atoms with Gasteiger partial charge in [-0.15, -0.1) is 0 Å². The number of nitrogens with two attached hydrogens (primary N) is 1. The Kier molecular flexibility index (Phi) is 3.39. The Morgan fingerprint density at radius 3 is 2.63 bits per heavy atom. The molecule has 1 fully saturated rings. The van der Waals surface area contributed by atoms with Gasteiger partial charge in [-0.3, -0.25) is 4.98 Å². The van der Waals surface area contributed by atoms with Crippen molar-refractivity contribution in [2.75, 3.05) is 5.73 Å². The molecule has 1 aliphatic carbocycles. The van der Waals surface area contributed by atoms with Crippen LogP contribution in [0, 0.1) is 0 Å². The van der Waals surface area contributed by atoms with Crippen molar-refractivity contribution < 1.29 is 9.53 Å². The van der Waals surface area contributed by atoms with E-state index in [0.717, 1.165) is 25.0 Å². The van der Waals surface area contributed by atoms with Gasteiger partial charge in [-0.25, -0.2) is 4.79 Å². The third-order valence-electron chi connectivity index (χ3n) is 3.22. The normalized spacial score (nSPS) is 17.4. The van der Waals surface area contributed by atoms with Gasteiger partial charge in [0.15, 0.2) is 0 Å². The molecule has 5 nitrogen and oxygen atoms in total. The average Bonchev–Trinajstić information content (AvgIpc) is 2.21. The summed E-state index contributed by atoms with van der Waals surface area (Å²) in [4.78, 5) is 16.3. The highest BCUT2D eigenvalue weighted by Crippen LogP contribution is 2.40. The minimum atomic E-state index is -0.502. The monoisotopic (exact) mass is 263 g/mol. The summed E-state index contributed by atoms with van der Waals surface area (Å²) >= 11 is 0. The summed E-state index contributed by atoms with van der Waals surface area (Å²) in [5, 5.41) is 2.95. The molecule has 3 N–H and O–H groups in total. The topological polar surface area (TPSA) is 77.2 Å². The lowest BCUT2D eigenvalue weighted by Crippen LogP contribution is -2.52. The first kappa shape index (κ1) is 13.6. The van der Waals surface area contributed by atoms with E-state index < -0.39 is 17.2 Å². The number of carbonyl (C=O) groups excluding carboxylic acids is 1. The van der Waals surface area contributed by atoms with Crippen LogP contribution in [0.2, 0.25) is 0 Å². The summed E-state index contributed by atoms with van der Waals surface area (Å²) in [5.74, 6) is 0. The second kappa shape index (κ2) is 4.72. The molecule has 0 aliphatic heterocycles. The van der Waals surface area contributed by atoms with Gasteiger partial charge >= 0.3 is 6.09 Å². The molecule has 0 aromatic carbocycles. The first-order valence-corrected chi connectivity index (χ1v) is 6.54. The zero-order valence-corrected chi connectivity index (χ0v) is 11.7. The molecule has 0 spiro atoms. The van der Waals surface area contributed by atoms with E-state index in [4.69, 9.17) is 10.5 Å². The molecule has 5 heteroatoms. The van der Waals surface area contributed by atoms with Crippen LogP contribution in [0.15, 0.2) is 18.3 Å². The molecule has 1 aromatic heterocycles. The Morgan fingerprint density at radius 2 is 2.16 bits per heavy atom. The van der Waals surface area contributed by atoms with Crippen molar-refractivity contribution in [3.05, 3.63) is 24.0 Å². The number of anilines is 1. The van der Waals surface area contributed by atoms with Gasteiger partial charge < -0.3 is 15.8 Å². The number of nitrogen functional groups attached to an aromatic ring is 1. The molecule has 0 atom stereocenters. The van der Waals surface area contributed by atoms with Crippen molar-refractivity contribution in [3.8, 4) is 0 Å². The maximum Gasteiger partial charge on any atom is 0.408 e. The molecule has 19 heavy (non-hydrogen) atoms. The number of nitrogens with zero attached hydrogens (tertiary/aromatic N) is 1. The number of alkyl carbamates (subject to hydrolysis) is 1. The fourth-order valence-electron chi connectivity index (χ4n) is 2.18. The van der Waals surface area contributed by atoms with E-state index in [1.54, 1.807) is 12.3 Å². The number of hydrogen-bond acceptors (Lipinski definition) is 4. The standard InChI is InChI=1S/C14H21N3O2/c1-13(2,3)19-12(18)17-14(6-4-7-14)11-9-10(15)5-8-16-11/h5,8-9H,4,6-7H2,1-3H3,(H2,15,16)(H,17,18). The fourth-order valence-corrected chi connectivity index (χ4v) is 2.18. The number of pyridine rings is 1. The van der Waals surface area contributed by atoms with Crippen LogP contribution in [0.4, 0.5) is 10.5 Å². The predicted molar refractivity (Wildman–Crippen MR) is 73.5 cm³/mol. The lowest BCUT2D eigenvalue weighted by molar-refractivity contribution is 0.0371. The highest BCUT2D eigenvalue weighted by Gasteiger charge is 2.42. The molecule has 1 aliphatic rings. The summed E-state index contributed by atoms with van der Waals surface area (Å²) in [5.41, 5.74) is 6.33. The molecule has 0 radical (unpaired) electrons. The van der Waals surface area contributed by atoms with Gasteiger partial charge in [0.25, 0.3) is 0 Å². The van der Waals surface area contributed by atoms with Gasteiger partial charge in [0, 0.05) is 11.9 Å². The van der Waals surface area contributed by atoms with E-state index in [1.807, 2.05) is 26.8 Å². The average molecular weight is 263 g/mol. The molecule has 2 rings (SSSR count). The Balaban J connectivity index is 2.13. The molecule has 1 heterocycles. The Labute approximate surface area is 113 Å². The largest absolute Gasteiger partial charge is 0.444 e. The Bertz CT molecular complexity index is 476. The minimum Gasteiger partial charge on any atom is -0.444 e. The van der Waals surface area contributed by atoms with Crippen LogP contribution in [0.5, 0.6) is 0 Å². The molecule has 0 bridgehead atoms. The fraction of sp³-hybridized carbons (Fsp3) is 0.571. The van der Waals surface area contributed by atoms with Crippen LogP contribution in [0.3, 0.4) is 0 Å². The number of hydrogen-bond donors (Lipinski definition) is 2. The minimum absolute atomic E-state index is 0.406. The molecule has 1 amide bonds. The molecular weight excluding hydrogens is 242 g/mol. The van der Waals surface area contributed by atoms with Crippen molar-refractivity contribution >= 4 is 11.8 Å². The van der Waals surface area contributed by atoms with E-state index in [-0.39, 0.29) is 0 Å². The lowest BCUT2D eigenvalue weighted by Gasteiger charge is -2.42. The summed E-state index contributed by atoms with van der Waals surface area (Å²) in [6, 6.07) is 3.56. The lowest BCUT2D eigenvalue weighted by atomic mass is 9.74. The van der Waals surface area contributed by atoms with Gasteiger partial charge in [0.2, 0.25) is 0 Å². The van der Waals surface area contributed by atoms with Crippen molar-refractivity contribution in [3.63, 3.8) is 0 Å². The van der Waals surface area contributed by atoms with Gasteiger partial charge in [-0.2, -0.15) is 0 Å². The number of carbonyl (C=O) groups is 1. The first-order chi connectivity index (χ1) is 8.81. The Hall–Kier alpha value is -1.78. The van der Waals surface area contributed by atoms with Gasteiger partial charge in [-0.05, 0) is 52.2 Å².